The van der Waals surface area contributed by atoms with Gasteiger partial charge in [0.2, 0.25) is 0 Å². The third-order valence-corrected chi connectivity index (χ3v) is 3.22. The molecule has 18 heavy (non-hydrogen) atoms. The molecule has 92 valence electrons. The second-order valence-electron chi connectivity index (χ2n) is 3.46. The van der Waals surface area contributed by atoms with Crippen molar-refractivity contribution in [1.82, 2.24) is 9.97 Å². The van der Waals surface area contributed by atoms with Crippen LogP contribution in [0, 0.1) is 5.82 Å². The Hall–Kier alpha value is -1.95. The van der Waals surface area contributed by atoms with Gasteiger partial charge in [-0.05, 0) is 23.8 Å². The quantitative estimate of drug-likeness (QED) is 0.860. The number of hydrogen-bond acceptors (Lipinski definition) is 4. The monoisotopic (exact) mass is 264 g/mol. The summed E-state index contributed by atoms with van der Waals surface area (Å²) in [5.41, 5.74) is 0.828. The molecule has 0 radical (unpaired) electrons. The Labute approximate surface area is 107 Å². The van der Waals surface area contributed by atoms with Gasteiger partial charge >= 0.3 is 5.97 Å². The molecular formula is C12H9FN2O2S. The van der Waals surface area contributed by atoms with Gasteiger partial charge in [0.25, 0.3) is 0 Å². The molecular weight excluding hydrogens is 255 g/mol. The molecule has 0 amide bonds. The van der Waals surface area contributed by atoms with Gasteiger partial charge in [0, 0.05) is 18.1 Å². The van der Waals surface area contributed by atoms with Crippen molar-refractivity contribution in [2.75, 3.05) is 0 Å². The van der Waals surface area contributed by atoms with E-state index in [-0.39, 0.29) is 5.56 Å². The first-order chi connectivity index (χ1) is 8.66. The fourth-order valence-corrected chi connectivity index (χ4v) is 2.26. The van der Waals surface area contributed by atoms with E-state index in [0.717, 1.165) is 6.20 Å². The predicted molar refractivity (Wildman–Crippen MR) is 65.0 cm³/mol. The zero-order valence-electron chi connectivity index (χ0n) is 9.21. The van der Waals surface area contributed by atoms with E-state index < -0.39 is 11.8 Å². The lowest BCUT2D eigenvalue weighted by Crippen LogP contribution is -2.00. The molecule has 0 fully saturated rings. The van der Waals surface area contributed by atoms with Crippen molar-refractivity contribution in [1.29, 1.82) is 0 Å². The van der Waals surface area contributed by atoms with Crippen molar-refractivity contribution in [2.45, 2.75) is 10.8 Å². The van der Waals surface area contributed by atoms with Crippen LogP contribution in [0.1, 0.15) is 15.9 Å². The van der Waals surface area contributed by atoms with Crippen molar-refractivity contribution in [3.8, 4) is 0 Å². The molecule has 0 spiro atoms. The molecule has 4 nitrogen and oxygen atoms in total. The molecule has 0 aliphatic rings. The number of carboxylic acids is 1. The van der Waals surface area contributed by atoms with E-state index in [4.69, 9.17) is 5.11 Å². The summed E-state index contributed by atoms with van der Waals surface area (Å²) in [6, 6.07) is 4.42. The summed E-state index contributed by atoms with van der Waals surface area (Å²) in [6.45, 7) is 0. The van der Waals surface area contributed by atoms with Crippen LogP contribution in [0.4, 0.5) is 4.39 Å². The lowest BCUT2D eigenvalue weighted by atomic mass is 10.3. The van der Waals surface area contributed by atoms with Gasteiger partial charge in [-0.3, -0.25) is 4.98 Å². The highest BCUT2D eigenvalue weighted by atomic mass is 32.2. The molecule has 0 aromatic carbocycles. The fraction of sp³-hybridized carbons (Fsp3) is 0.0833. The summed E-state index contributed by atoms with van der Waals surface area (Å²) < 4.78 is 12.9. The van der Waals surface area contributed by atoms with E-state index in [9.17, 15) is 9.18 Å². The molecule has 0 saturated heterocycles. The van der Waals surface area contributed by atoms with E-state index in [1.807, 2.05) is 0 Å². The minimum absolute atomic E-state index is 0.145. The van der Waals surface area contributed by atoms with Crippen LogP contribution in [0.3, 0.4) is 0 Å². The first-order valence-electron chi connectivity index (χ1n) is 5.07. The third-order valence-electron chi connectivity index (χ3n) is 2.14. The molecule has 0 atom stereocenters. The number of carbonyl (C=O) groups is 1. The van der Waals surface area contributed by atoms with Gasteiger partial charge < -0.3 is 5.11 Å². The average Bonchev–Trinajstić information content (AvgIpc) is 2.37. The van der Waals surface area contributed by atoms with E-state index >= 15 is 0 Å². The van der Waals surface area contributed by atoms with Crippen molar-refractivity contribution in [2.24, 2.45) is 0 Å². The zero-order valence-corrected chi connectivity index (χ0v) is 10.0. The van der Waals surface area contributed by atoms with Crippen LogP contribution >= 0.6 is 11.8 Å². The number of halogens is 1. The third kappa shape index (κ3) is 3.04. The summed E-state index contributed by atoms with van der Waals surface area (Å²) in [5, 5.41) is 9.39. The summed E-state index contributed by atoms with van der Waals surface area (Å²) in [4.78, 5) is 18.7. The Balaban J connectivity index is 2.13. The molecule has 2 rings (SSSR count). The smallest absolute Gasteiger partial charge is 0.338 e. The number of pyridine rings is 2. The number of carboxylic acid groups (broad SMARTS) is 1. The minimum Gasteiger partial charge on any atom is -0.478 e. The second kappa shape index (κ2) is 5.59. The van der Waals surface area contributed by atoms with Gasteiger partial charge in [0.15, 0.2) is 0 Å². The first kappa shape index (κ1) is 12.5. The van der Waals surface area contributed by atoms with Crippen LogP contribution in [-0.4, -0.2) is 21.0 Å². The molecule has 0 bridgehead atoms. The Morgan fingerprint density at radius 3 is 3.00 bits per heavy atom. The number of aromatic nitrogens is 2. The Morgan fingerprint density at radius 2 is 2.28 bits per heavy atom. The first-order valence-corrected chi connectivity index (χ1v) is 6.06. The molecule has 1 N–H and O–H groups in total. The van der Waals surface area contributed by atoms with E-state index in [1.54, 1.807) is 12.3 Å². The van der Waals surface area contributed by atoms with Crippen molar-refractivity contribution in [3.63, 3.8) is 0 Å². The summed E-state index contributed by atoms with van der Waals surface area (Å²) in [6.07, 6.45) is 4.19. The molecule has 0 aliphatic carbocycles. The van der Waals surface area contributed by atoms with Gasteiger partial charge in [0.05, 0.1) is 11.8 Å². The van der Waals surface area contributed by atoms with Crippen LogP contribution in [0.15, 0.2) is 41.8 Å². The maximum atomic E-state index is 12.9. The lowest BCUT2D eigenvalue weighted by molar-refractivity contribution is 0.0692. The topological polar surface area (TPSA) is 63.1 Å². The molecule has 2 aromatic heterocycles. The average molecular weight is 264 g/mol. The van der Waals surface area contributed by atoms with Gasteiger partial charge in [-0.25, -0.2) is 14.2 Å². The van der Waals surface area contributed by atoms with Crippen molar-refractivity contribution in [3.05, 3.63) is 53.7 Å². The number of hydrogen-bond donors (Lipinski definition) is 1. The Morgan fingerprint density at radius 1 is 1.44 bits per heavy atom. The molecule has 0 aliphatic heterocycles. The highest BCUT2D eigenvalue weighted by Gasteiger charge is 2.11. The van der Waals surface area contributed by atoms with Crippen LogP contribution in [0.5, 0.6) is 0 Å². The van der Waals surface area contributed by atoms with Gasteiger partial charge in [-0.15, -0.1) is 11.8 Å². The maximum Gasteiger partial charge on any atom is 0.338 e. The van der Waals surface area contributed by atoms with Crippen molar-refractivity contribution >= 4 is 17.7 Å². The molecule has 0 unspecified atom stereocenters. The summed E-state index contributed by atoms with van der Waals surface area (Å²) in [7, 11) is 0. The highest BCUT2D eigenvalue weighted by Crippen LogP contribution is 2.23. The summed E-state index contributed by atoms with van der Waals surface area (Å²) in [5.74, 6) is -1.02. The van der Waals surface area contributed by atoms with E-state index in [0.29, 0.717) is 16.3 Å². The zero-order chi connectivity index (χ0) is 13.0. The van der Waals surface area contributed by atoms with Crippen LogP contribution in [0.25, 0.3) is 0 Å². The van der Waals surface area contributed by atoms with Crippen LogP contribution in [0.2, 0.25) is 0 Å². The second-order valence-corrected chi connectivity index (χ2v) is 4.43. The SMILES string of the molecule is O=C(O)c1cccnc1SCc1cncc(F)c1. The predicted octanol–water partition coefficient (Wildman–Crippen LogP) is 2.61. The van der Waals surface area contributed by atoms with Gasteiger partial charge in [-0.2, -0.15) is 0 Å². The van der Waals surface area contributed by atoms with E-state index in [2.05, 4.69) is 9.97 Å². The van der Waals surface area contributed by atoms with Crippen LogP contribution in [-0.2, 0) is 5.75 Å². The van der Waals surface area contributed by atoms with Gasteiger partial charge in [0.1, 0.15) is 10.8 Å². The van der Waals surface area contributed by atoms with Crippen molar-refractivity contribution < 1.29 is 14.3 Å². The largest absolute Gasteiger partial charge is 0.478 e. The number of thioether (sulfide) groups is 1. The fourth-order valence-electron chi connectivity index (χ4n) is 1.36. The molecule has 0 saturated carbocycles. The standard InChI is InChI=1S/C12H9FN2O2S/c13-9-4-8(5-14-6-9)7-18-11-10(12(16)17)2-1-3-15-11/h1-6H,7H2,(H,16,17). The van der Waals surface area contributed by atoms with Crippen LogP contribution < -0.4 is 0 Å². The maximum absolute atomic E-state index is 12.9. The van der Waals surface area contributed by atoms with Gasteiger partial charge in [-0.1, -0.05) is 0 Å². The Kier molecular flexibility index (Phi) is 3.88. The number of aromatic carboxylic acids is 1. The normalized spacial score (nSPS) is 10.3. The Bertz CT molecular complexity index is 578. The lowest BCUT2D eigenvalue weighted by Gasteiger charge is -2.04. The van der Waals surface area contributed by atoms with E-state index in [1.165, 1.54) is 30.1 Å². The highest BCUT2D eigenvalue weighted by molar-refractivity contribution is 7.98. The number of rotatable bonds is 4. The number of nitrogens with zero attached hydrogens (tertiary/aromatic N) is 2. The minimum atomic E-state index is -1.03. The molecule has 2 aromatic rings. The molecule has 6 heteroatoms. The summed E-state index contributed by atoms with van der Waals surface area (Å²) >= 11 is 1.24. The molecule has 2 heterocycles.